The number of nitro groups is 1. The average molecular weight is 352 g/mol. The minimum Gasteiger partial charge on any atom is -0.378 e. The van der Waals surface area contributed by atoms with Crippen LogP contribution in [0.1, 0.15) is 0 Å². The molecule has 3 aromatic rings. The molecule has 0 saturated carbocycles. The van der Waals surface area contributed by atoms with E-state index in [0.29, 0.717) is 26.2 Å². The lowest BCUT2D eigenvalue weighted by molar-refractivity contribution is -0.383. The second-order valence-electron chi connectivity index (χ2n) is 5.88. The number of benzene rings is 1. The molecule has 10 heteroatoms. The Morgan fingerprint density at radius 3 is 2.42 bits per heavy atom. The smallest absolute Gasteiger partial charge is 0.353 e. The highest BCUT2D eigenvalue weighted by Crippen LogP contribution is 2.30. The summed E-state index contributed by atoms with van der Waals surface area (Å²) in [6, 6.07) is 7.70. The van der Waals surface area contributed by atoms with Crippen molar-refractivity contribution in [2.45, 2.75) is 0 Å². The van der Waals surface area contributed by atoms with Gasteiger partial charge < -0.3 is 15.5 Å². The molecule has 3 heterocycles. The van der Waals surface area contributed by atoms with Crippen molar-refractivity contribution in [3.63, 3.8) is 0 Å². The fraction of sp³-hybridized carbons (Fsp3) is 0.250. The summed E-state index contributed by atoms with van der Waals surface area (Å²) in [6.07, 6.45) is 3.00. The Labute approximate surface area is 148 Å². The monoisotopic (exact) mass is 352 g/mol. The first-order valence-electron chi connectivity index (χ1n) is 8.10. The van der Waals surface area contributed by atoms with Gasteiger partial charge in [0.25, 0.3) is 0 Å². The van der Waals surface area contributed by atoms with Crippen LogP contribution in [0.15, 0.2) is 36.8 Å². The molecule has 0 spiro atoms. The predicted molar refractivity (Wildman–Crippen MR) is 97.1 cm³/mol. The molecule has 0 unspecified atom stereocenters. The van der Waals surface area contributed by atoms with Crippen molar-refractivity contribution in [3.05, 3.63) is 46.9 Å². The summed E-state index contributed by atoms with van der Waals surface area (Å²) >= 11 is 0. The Hall–Kier alpha value is -3.56. The summed E-state index contributed by atoms with van der Waals surface area (Å²) < 4.78 is 0. The van der Waals surface area contributed by atoms with Gasteiger partial charge >= 0.3 is 5.69 Å². The first-order valence-corrected chi connectivity index (χ1v) is 8.10. The van der Waals surface area contributed by atoms with Crippen molar-refractivity contribution < 1.29 is 4.92 Å². The van der Waals surface area contributed by atoms with Crippen molar-refractivity contribution in [3.8, 4) is 0 Å². The van der Waals surface area contributed by atoms with Crippen LogP contribution < -0.4 is 15.5 Å². The summed E-state index contributed by atoms with van der Waals surface area (Å²) in [7, 11) is 0. The lowest BCUT2D eigenvalue weighted by Gasteiger charge is -2.35. The maximum absolute atomic E-state index is 11.3. The van der Waals surface area contributed by atoms with Crippen LogP contribution in [-0.2, 0) is 0 Å². The molecule has 0 bridgehead atoms. The molecule has 0 atom stereocenters. The number of nitrogens with zero attached hydrogens (tertiary/aromatic N) is 7. The highest BCUT2D eigenvalue weighted by molar-refractivity contribution is 5.75. The van der Waals surface area contributed by atoms with E-state index in [2.05, 4.69) is 24.8 Å². The quantitative estimate of drug-likeness (QED) is 0.547. The number of anilines is 3. The zero-order valence-corrected chi connectivity index (χ0v) is 13.8. The van der Waals surface area contributed by atoms with Crippen LogP contribution in [-0.4, -0.2) is 51.0 Å². The molecule has 1 aliphatic heterocycles. The van der Waals surface area contributed by atoms with Gasteiger partial charge in [0.05, 0.1) is 22.2 Å². The van der Waals surface area contributed by atoms with Crippen LogP contribution in [0.25, 0.3) is 11.0 Å². The zero-order valence-electron chi connectivity index (χ0n) is 13.8. The molecule has 0 amide bonds. The molecular formula is C16H16N8O2. The molecule has 132 valence electrons. The van der Waals surface area contributed by atoms with Gasteiger partial charge in [-0.2, -0.15) is 0 Å². The van der Waals surface area contributed by atoms with Crippen LogP contribution in [0.3, 0.4) is 0 Å². The second-order valence-corrected chi connectivity index (χ2v) is 5.88. The minimum absolute atomic E-state index is 0.122. The Morgan fingerprint density at radius 1 is 1.00 bits per heavy atom. The Balaban J connectivity index is 1.54. The highest BCUT2D eigenvalue weighted by Gasteiger charge is 2.28. The molecule has 4 rings (SSSR count). The first kappa shape index (κ1) is 15.9. The molecule has 1 aliphatic rings. The van der Waals surface area contributed by atoms with Gasteiger partial charge in [-0.3, -0.25) is 15.1 Å². The fourth-order valence-electron chi connectivity index (χ4n) is 3.04. The third kappa shape index (κ3) is 2.81. The van der Waals surface area contributed by atoms with Crippen LogP contribution in [0, 0.1) is 10.1 Å². The molecule has 0 aliphatic carbocycles. The number of aromatic nitrogens is 4. The number of hydrogen-bond acceptors (Lipinski definition) is 9. The Kier molecular flexibility index (Phi) is 3.92. The number of fused-ring (bicyclic) bond motifs is 1. The van der Waals surface area contributed by atoms with Gasteiger partial charge in [-0.25, -0.2) is 15.0 Å². The first-order chi connectivity index (χ1) is 12.6. The summed E-state index contributed by atoms with van der Waals surface area (Å²) in [5.41, 5.74) is 7.10. The van der Waals surface area contributed by atoms with E-state index in [1.165, 1.54) is 6.33 Å². The third-order valence-corrected chi connectivity index (χ3v) is 4.35. The molecule has 0 radical (unpaired) electrons. The summed E-state index contributed by atoms with van der Waals surface area (Å²) in [4.78, 5) is 31.6. The molecule has 10 nitrogen and oxygen atoms in total. The van der Waals surface area contributed by atoms with Crippen LogP contribution in [0.5, 0.6) is 0 Å². The number of nitrogens with two attached hydrogens (primary N) is 1. The molecule has 1 fully saturated rings. The van der Waals surface area contributed by atoms with E-state index in [1.54, 1.807) is 6.20 Å². The zero-order chi connectivity index (χ0) is 18.1. The largest absolute Gasteiger partial charge is 0.378 e. The van der Waals surface area contributed by atoms with Crippen molar-refractivity contribution in [1.29, 1.82) is 0 Å². The summed E-state index contributed by atoms with van der Waals surface area (Å²) in [5.74, 6) is 0.926. The molecule has 1 aromatic carbocycles. The molecule has 1 saturated heterocycles. The average Bonchev–Trinajstić information content (AvgIpc) is 2.67. The Bertz CT molecular complexity index is 971. The van der Waals surface area contributed by atoms with Crippen molar-refractivity contribution in [1.82, 2.24) is 19.9 Å². The van der Waals surface area contributed by atoms with Gasteiger partial charge in [0.1, 0.15) is 12.1 Å². The number of hydrogen-bond donors (Lipinski definition) is 1. The van der Waals surface area contributed by atoms with E-state index < -0.39 is 4.92 Å². The maximum Gasteiger partial charge on any atom is 0.353 e. The molecule has 2 N–H and O–H groups in total. The third-order valence-electron chi connectivity index (χ3n) is 4.35. The maximum atomic E-state index is 11.3. The number of piperazine rings is 1. The lowest BCUT2D eigenvalue weighted by atomic mass is 10.2. The van der Waals surface area contributed by atoms with Crippen LogP contribution >= 0.6 is 0 Å². The second kappa shape index (κ2) is 6.39. The molecular weight excluding hydrogens is 336 g/mol. The van der Waals surface area contributed by atoms with Crippen molar-refractivity contribution in [2.75, 3.05) is 41.7 Å². The van der Waals surface area contributed by atoms with E-state index in [-0.39, 0.29) is 17.3 Å². The number of para-hydroxylation sites is 2. The minimum atomic E-state index is -0.536. The predicted octanol–water partition coefficient (Wildman–Crippen LogP) is 1.24. The van der Waals surface area contributed by atoms with Crippen LogP contribution in [0.2, 0.25) is 0 Å². The summed E-state index contributed by atoms with van der Waals surface area (Å²) in [6.45, 7) is 2.42. The van der Waals surface area contributed by atoms with Gasteiger partial charge in [0, 0.05) is 26.2 Å². The van der Waals surface area contributed by atoms with Crippen molar-refractivity contribution >= 4 is 34.2 Å². The van der Waals surface area contributed by atoms with Gasteiger partial charge in [0.2, 0.25) is 11.6 Å². The van der Waals surface area contributed by atoms with Crippen molar-refractivity contribution in [2.24, 2.45) is 0 Å². The number of rotatable bonds is 3. The van der Waals surface area contributed by atoms with Gasteiger partial charge in [0.15, 0.2) is 0 Å². The standard InChI is InChI=1S/C16H16N8O2/c17-15-14(24(25)26)16(20-10-19-15)23-7-5-22(6-8-23)13-9-18-11-3-1-2-4-12(11)21-13/h1-4,9-10H,5-8H2,(H2,17,19,20). The van der Waals surface area contributed by atoms with Gasteiger partial charge in [-0.05, 0) is 12.1 Å². The lowest BCUT2D eigenvalue weighted by Crippen LogP contribution is -2.47. The molecule has 2 aromatic heterocycles. The number of nitrogen functional groups attached to an aromatic ring is 1. The topological polar surface area (TPSA) is 127 Å². The summed E-state index contributed by atoms with van der Waals surface area (Å²) in [5, 5.41) is 11.3. The van der Waals surface area contributed by atoms with E-state index in [1.807, 2.05) is 29.2 Å². The van der Waals surface area contributed by atoms with E-state index in [4.69, 9.17) is 5.73 Å². The van der Waals surface area contributed by atoms with Crippen LogP contribution in [0.4, 0.5) is 23.1 Å². The van der Waals surface area contributed by atoms with E-state index >= 15 is 0 Å². The van der Waals surface area contributed by atoms with E-state index in [0.717, 1.165) is 16.9 Å². The highest BCUT2D eigenvalue weighted by atomic mass is 16.6. The Morgan fingerprint density at radius 2 is 1.69 bits per heavy atom. The van der Waals surface area contributed by atoms with Gasteiger partial charge in [-0.1, -0.05) is 12.1 Å². The SMILES string of the molecule is Nc1ncnc(N2CCN(c3cnc4ccccc4n3)CC2)c1[N+](=O)[O-]. The fourth-order valence-corrected chi connectivity index (χ4v) is 3.04. The normalized spacial score (nSPS) is 14.6. The van der Waals surface area contributed by atoms with Gasteiger partial charge in [-0.15, -0.1) is 0 Å². The van der Waals surface area contributed by atoms with E-state index in [9.17, 15) is 10.1 Å². The molecule has 26 heavy (non-hydrogen) atoms.